The Morgan fingerprint density at radius 1 is 1.33 bits per heavy atom. The second-order valence-corrected chi connectivity index (χ2v) is 6.20. The van der Waals surface area contributed by atoms with Gasteiger partial charge in [0.25, 0.3) is 0 Å². The summed E-state index contributed by atoms with van der Waals surface area (Å²) in [6.07, 6.45) is 2.93. The fourth-order valence-corrected chi connectivity index (χ4v) is 3.11. The summed E-state index contributed by atoms with van der Waals surface area (Å²) in [5.74, 6) is 1.18. The quantitative estimate of drug-likeness (QED) is 0.460. The van der Waals surface area contributed by atoms with Gasteiger partial charge in [-0.2, -0.15) is 0 Å². The highest BCUT2D eigenvalue weighted by Crippen LogP contribution is 2.40. The Labute approximate surface area is 102 Å². The van der Waals surface area contributed by atoms with Crippen LogP contribution < -0.4 is 5.32 Å². The highest BCUT2D eigenvalue weighted by atomic mass is 35.5. The molecule has 0 aromatic rings. The maximum atomic E-state index is 10.6. The van der Waals surface area contributed by atoms with Crippen LogP contribution in [0.15, 0.2) is 0 Å². The van der Waals surface area contributed by atoms with E-state index in [-0.39, 0.29) is 5.92 Å². The minimum absolute atomic E-state index is 0.230. The molecule has 1 rings (SSSR count). The summed E-state index contributed by atoms with van der Waals surface area (Å²) in [7, 11) is 0. The first-order valence-electron chi connectivity index (χ1n) is 5.63. The molecule has 3 unspecified atom stereocenters. The Morgan fingerprint density at radius 3 is 2.40 bits per heavy atom. The Balaban J connectivity index is 2.76. The zero-order valence-corrected chi connectivity index (χ0v) is 11.1. The van der Waals surface area contributed by atoms with Crippen molar-refractivity contribution >= 4 is 23.2 Å². The molecule has 2 nitrogen and oxygen atoms in total. The molecule has 0 aromatic carbocycles. The first kappa shape index (κ1) is 13.6. The average Bonchev–Trinajstić information content (AvgIpc) is 1.99. The van der Waals surface area contributed by atoms with Gasteiger partial charge in [-0.3, -0.25) is 5.32 Å². The Morgan fingerprint density at radius 2 is 1.93 bits per heavy atom. The molecule has 2 N–H and O–H groups in total. The molecule has 0 spiro atoms. The number of alkyl halides is 2. The number of nitrogens with one attached hydrogen (secondary N) is 1. The van der Waals surface area contributed by atoms with E-state index in [1.165, 1.54) is 6.42 Å². The van der Waals surface area contributed by atoms with Crippen LogP contribution in [-0.4, -0.2) is 15.8 Å². The third-order valence-electron chi connectivity index (χ3n) is 3.41. The van der Waals surface area contributed by atoms with Crippen LogP contribution in [0.5, 0.6) is 0 Å². The summed E-state index contributed by atoms with van der Waals surface area (Å²) >= 11 is 11.4. The molecule has 0 amide bonds. The van der Waals surface area contributed by atoms with Gasteiger partial charge in [0.05, 0.1) is 0 Å². The van der Waals surface area contributed by atoms with Gasteiger partial charge in [0.1, 0.15) is 5.72 Å². The number of halogens is 2. The van der Waals surface area contributed by atoms with E-state index in [0.29, 0.717) is 11.8 Å². The van der Waals surface area contributed by atoms with E-state index in [0.717, 1.165) is 12.8 Å². The largest absolute Gasteiger partial charge is 0.375 e. The van der Waals surface area contributed by atoms with Crippen molar-refractivity contribution < 1.29 is 5.11 Å². The first-order chi connectivity index (χ1) is 6.85. The molecule has 1 saturated carbocycles. The molecule has 4 heteroatoms. The maximum Gasteiger partial charge on any atom is 0.160 e. The summed E-state index contributed by atoms with van der Waals surface area (Å²) < 4.78 is 0. The van der Waals surface area contributed by atoms with Gasteiger partial charge in [0, 0.05) is 5.92 Å². The number of rotatable bonds is 3. The van der Waals surface area contributed by atoms with Gasteiger partial charge in [-0.15, -0.1) is 0 Å². The van der Waals surface area contributed by atoms with E-state index < -0.39 is 10.7 Å². The molecule has 0 heterocycles. The van der Waals surface area contributed by atoms with E-state index in [2.05, 4.69) is 26.1 Å². The van der Waals surface area contributed by atoms with Crippen molar-refractivity contribution in [2.75, 3.05) is 0 Å². The van der Waals surface area contributed by atoms with Crippen molar-refractivity contribution in [3.05, 3.63) is 0 Å². The molecule has 0 aromatic heterocycles. The normalized spacial score (nSPS) is 37.6. The standard InChI is InChI=1S/C11H21Cl2NO/c1-7(2)9-5-4-8(3)6-11(9,15)14-10(12)13/h7-10,14-15H,4-6H2,1-3H3. The molecule has 0 radical (unpaired) electrons. The molecular formula is C11H21Cl2NO. The van der Waals surface area contributed by atoms with E-state index in [1.54, 1.807) is 0 Å². The molecule has 3 atom stereocenters. The second-order valence-electron chi connectivity index (χ2n) is 5.11. The summed E-state index contributed by atoms with van der Waals surface area (Å²) in [6, 6.07) is 0. The molecule has 0 bridgehead atoms. The monoisotopic (exact) mass is 253 g/mol. The average molecular weight is 254 g/mol. The van der Waals surface area contributed by atoms with E-state index >= 15 is 0 Å². The van der Waals surface area contributed by atoms with Crippen LogP contribution in [0.3, 0.4) is 0 Å². The summed E-state index contributed by atoms with van der Waals surface area (Å²) in [6.45, 7) is 6.41. The van der Waals surface area contributed by atoms with Crippen LogP contribution in [0.25, 0.3) is 0 Å². The second kappa shape index (κ2) is 5.22. The molecular weight excluding hydrogens is 233 g/mol. The van der Waals surface area contributed by atoms with Gasteiger partial charge in [0.2, 0.25) is 0 Å². The zero-order chi connectivity index (χ0) is 11.6. The van der Waals surface area contributed by atoms with Gasteiger partial charge in [-0.05, 0) is 24.7 Å². The van der Waals surface area contributed by atoms with Gasteiger partial charge in [-0.1, -0.05) is 50.4 Å². The molecule has 1 aliphatic rings. The topological polar surface area (TPSA) is 32.3 Å². The molecule has 90 valence electrons. The maximum absolute atomic E-state index is 10.6. The molecule has 0 aliphatic heterocycles. The van der Waals surface area contributed by atoms with Crippen LogP contribution in [0.1, 0.15) is 40.0 Å². The molecule has 15 heavy (non-hydrogen) atoms. The minimum Gasteiger partial charge on any atom is -0.375 e. The lowest BCUT2D eigenvalue weighted by molar-refractivity contribution is -0.104. The zero-order valence-electron chi connectivity index (χ0n) is 9.63. The third kappa shape index (κ3) is 3.48. The fourth-order valence-electron chi connectivity index (χ4n) is 2.73. The lowest BCUT2D eigenvalue weighted by Gasteiger charge is -2.45. The summed E-state index contributed by atoms with van der Waals surface area (Å²) in [5, 5.41) is 13.5. The van der Waals surface area contributed by atoms with Gasteiger partial charge in [-0.25, -0.2) is 0 Å². The highest BCUT2D eigenvalue weighted by Gasteiger charge is 2.43. The molecule has 1 aliphatic carbocycles. The SMILES string of the molecule is CC1CCC(C(C)C)C(O)(NC(Cl)Cl)C1. The minimum atomic E-state index is -0.903. The van der Waals surface area contributed by atoms with Crippen LogP contribution in [0.2, 0.25) is 0 Å². The number of aliphatic hydroxyl groups is 1. The Hall–Kier alpha value is 0.500. The van der Waals surface area contributed by atoms with Gasteiger partial charge in [0.15, 0.2) is 4.96 Å². The smallest absolute Gasteiger partial charge is 0.160 e. The molecule has 1 fully saturated rings. The van der Waals surface area contributed by atoms with Crippen molar-refractivity contribution in [2.45, 2.75) is 50.7 Å². The van der Waals surface area contributed by atoms with Crippen LogP contribution in [0, 0.1) is 17.8 Å². The van der Waals surface area contributed by atoms with Crippen molar-refractivity contribution in [3.8, 4) is 0 Å². The Bertz CT molecular complexity index is 207. The van der Waals surface area contributed by atoms with Crippen LogP contribution in [-0.2, 0) is 0 Å². The lowest BCUT2D eigenvalue weighted by atomic mass is 9.71. The fraction of sp³-hybridized carbons (Fsp3) is 1.00. The predicted molar refractivity (Wildman–Crippen MR) is 64.9 cm³/mol. The van der Waals surface area contributed by atoms with Crippen LogP contribution in [0.4, 0.5) is 0 Å². The summed E-state index contributed by atoms with van der Waals surface area (Å²) in [4.78, 5) is -0.707. The first-order valence-corrected chi connectivity index (χ1v) is 6.50. The highest BCUT2D eigenvalue weighted by molar-refractivity contribution is 6.43. The molecule has 0 saturated heterocycles. The van der Waals surface area contributed by atoms with Crippen molar-refractivity contribution in [3.63, 3.8) is 0 Å². The van der Waals surface area contributed by atoms with E-state index in [1.807, 2.05) is 0 Å². The van der Waals surface area contributed by atoms with E-state index in [4.69, 9.17) is 23.2 Å². The predicted octanol–water partition coefficient (Wildman–Crippen LogP) is 3.12. The van der Waals surface area contributed by atoms with Crippen molar-refractivity contribution in [1.29, 1.82) is 0 Å². The van der Waals surface area contributed by atoms with Gasteiger partial charge >= 0.3 is 0 Å². The summed E-state index contributed by atoms with van der Waals surface area (Å²) in [5.41, 5.74) is -0.903. The van der Waals surface area contributed by atoms with Crippen LogP contribution >= 0.6 is 23.2 Å². The number of hydrogen-bond acceptors (Lipinski definition) is 2. The number of hydrogen-bond donors (Lipinski definition) is 2. The Kier molecular flexibility index (Phi) is 4.72. The van der Waals surface area contributed by atoms with Gasteiger partial charge < -0.3 is 5.11 Å². The van der Waals surface area contributed by atoms with Crippen molar-refractivity contribution in [2.24, 2.45) is 17.8 Å². The van der Waals surface area contributed by atoms with E-state index in [9.17, 15) is 5.11 Å². The third-order valence-corrected chi connectivity index (χ3v) is 3.63. The lowest BCUT2D eigenvalue weighted by Crippen LogP contribution is -2.57. The van der Waals surface area contributed by atoms with Crippen molar-refractivity contribution in [1.82, 2.24) is 5.32 Å².